The van der Waals surface area contributed by atoms with E-state index < -0.39 is 0 Å². The van der Waals surface area contributed by atoms with Gasteiger partial charge >= 0.3 is 0 Å². The highest BCUT2D eigenvalue weighted by Crippen LogP contribution is 2.27. The summed E-state index contributed by atoms with van der Waals surface area (Å²) in [6.45, 7) is 2.97. The average molecular weight is 325 g/mol. The lowest BCUT2D eigenvalue weighted by atomic mass is 10.2. The Balaban J connectivity index is 1.58. The highest BCUT2D eigenvalue weighted by atomic mass is 16.5. The Bertz CT molecular complexity index is 897. The molecule has 7 nitrogen and oxygen atoms in total. The van der Waals surface area contributed by atoms with Gasteiger partial charge in [-0.1, -0.05) is 18.2 Å². The van der Waals surface area contributed by atoms with Crippen molar-refractivity contribution in [2.45, 2.75) is 19.0 Å². The minimum atomic E-state index is -0.193. The van der Waals surface area contributed by atoms with Crippen molar-refractivity contribution < 1.29 is 9.53 Å². The fraction of sp³-hybridized carbons (Fsp3) is 0.294. The van der Waals surface area contributed by atoms with Gasteiger partial charge in [-0.2, -0.15) is 5.10 Å². The van der Waals surface area contributed by atoms with E-state index >= 15 is 0 Å². The summed E-state index contributed by atoms with van der Waals surface area (Å²) >= 11 is 0. The lowest BCUT2D eigenvalue weighted by molar-refractivity contribution is 0.102. The van der Waals surface area contributed by atoms with Crippen LogP contribution in [-0.2, 0) is 4.74 Å². The molecule has 1 aliphatic heterocycles. The van der Waals surface area contributed by atoms with E-state index in [9.17, 15) is 4.79 Å². The van der Waals surface area contributed by atoms with E-state index in [4.69, 9.17) is 10.5 Å². The van der Waals surface area contributed by atoms with Gasteiger partial charge in [0, 0.05) is 22.8 Å². The van der Waals surface area contributed by atoms with Crippen molar-refractivity contribution in [3.05, 3.63) is 47.9 Å². The monoisotopic (exact) mass is 325 g/mol. The first-order chi connectivity index (χ1) is 11.6. The predicted molar refractivity (Wildman–Crippen MR) is 91.0 cm³/mol. The molecular weight excluding hydrogens is 306 g/mol. The van der Waals surface area contributed by atoms with Gasteiger partial charge < -0.3 is 20.8 Å². The van der Waals surface area contributed by atoms with E-state index in [2.05, 4.69) is 15.4 Å². The molecule has 0 spiro atoms. The average Bonchev–Trinajstić information content (AvgIpc) is 3.27. The number of nitrogens with two attached hydrogens (primary N) is 1. The molecule has 4 N–H and O–H groups in total. The van der Waals surface area contributed by atoms with Crippen LogP contribution in [0.25, 0.3) is 10.9 Å². The molecule has 3 heterocycles. The number of amides is 1. The maximum Gasteiger partial charge on any atom is 0.258 e. The zero-order valence-electron chi connectivity index (χ0n) is 13.3. The first-order valence-electron chi connectivity index (χ1n) is 7.89. The number of nitrogens with one attached hydrogen (secondary N) is 2. The number of rotatable bonds is 3. The third-order valence-corrected chi connectivity index (χ3v) is 4.43. The highest BCUT2D eigenvalue weighted by molar-refractivity contribution is 6.09. The summed E-state index contributed by atoms with van der Waals surface area (Å²) in [6.07, 6.45) is 3.28. The van der Waals surface area contributed by atoms with E-state index in [1.54, 1.807) is 17.1 Å². The number of hydrogen-bond acceptors (Lipinski definition) is 4. The molecule has 1 fully saturated rings. The van der Waals surface area contributed by atoms with Gasteiger partial charge in [0.2, 0.25) is 0 Å². The number of aromatic nitrogens is 3. The van der Waals surface area contributed by atoms with Crippen LogP contribution in [0.15, 0.2) is 36.7 Å². The second kappa shape index (κ2) is 5.77. The van der Waals surface area contributed by atoms with Crippen LogP contribution in [0.1, 0.15) is 22.1 Å². The van der Waals surface area contributed by atoms with Gasteiger partial charge in [-0.3, -0.25) is 9.48 Å². The van der Waals surface area contributed by atoms with Crippen molar-refractivity contribution in [3.63, 3.8) is 0 Å². The molecule has 0 radical (unpaired) electrons. The van der Waals surface area contributed by atoms with Crippen molar-refractivity contribution in [1.82, 2.24) is 14.8 Å². The smallest absolute Gasteiger partial charge is 0.258 e. The number of hydrogen-bond donors (Lipinski definition) is 3. The number of carbonyl (C=O) groups is 1. The van der Waals surface area contributed by atoms with E-state index in [1.807, 2.05) is 31.2 Å². The lowest BCUT2D eigenvalue weighted by Crippen LogP contribution is -2.31. The molecule has 1 aromatic carbocycles. The number of fused-ring (bicyclic) bond motifs is 1. The van der Waals surface area contributed by atoms with Gasteiger partial charge in [0.1, 0.15) is 0 Å². The Kier molecular flexibility index (Phi) is 3.59. The number of ether oxygens (including phenoxy) is 1. The summed E-state index contributed by atoms with van der Waals surface area (Å²) in [5.41, 5.74) is 9.21. The number of benzene rings is 1. The van der Waals surface area contributed by atoms with E-state index in [1.165, 1.54) is 0 Å². The predicted octanol–water partition coefficient (Wildman–Crippen LogP) is 1.82. The number of aryl methyl sites for hydroxylation is 1. The van der Waals surface area contributed by atoms with Crippen LogP contribution in [0.4, 0.5) is 5.69 Å². The van der Waals surface area contributed by atoms with Crippen molar-refractivity contribution in [2.75, 3.05) is 18.5 Å². The van der Waals surface area contributed by atoms with Crippen LogP contribution in [0, 0.1) is 6.92 Å². The quantitative estimate of drug-likeness (QED) is 0.684. The van der Waals surface area contributed by atoms with Crippen molar-refractivity contribution in [1.29, 1.82) is 0 Å². The Labute approximate surface area is 138 Å². The Hall–Kier alpha value is -2.64. The molecule has 1 saturated heterocycles. The molecule has 7 heteroatoms. The normalized spacial score (nSPS) is 20.6. The summed E-state index contributed by atoms with van der Waals surface area (Å²) in [6, 6.07) is 7.74. The van der Waals surface area contributed by atoms with Gasteiger partial charge in [-0.25, -0.2) is 0 Å². The zero-order valence-corrected chi connectivity index (χ0v) is 13.3. The number of aromatic amines is 1. The SMILES string of the molecule is Cc1[nH]c2ccccc2c1NC(=O)c1cnn([C@@H]2COC[C@@H]2N)c1. The second-order valence-corrected chi connectivity index (χ2v) is 6.10. The molecular formula is C17H19N5O2. The highest BCUT2D eigenvalue weighted by Gasteiger charge is 2.27. The van der Waals surface area contributed by atoms with E-state index in [-0.39, 0.29) is 18.0 Å². The third-order valence-electron chi connectivity index (χ3n) is 4.43. The standard InChI is InChI=1S/C17H19N5O2/c1-10-16(12-4-2-3-5-14(12)20-10)21-17(23)11-6-19-22(7-11)15-9-24-8-13(15)18/h2-7,13,15,20H,8-9,18H2,1H3,(H,21,23)/t13-,15+/m0/s1. The molecule has 124 valence electrons. The van der Waals surface area contributed by atoms with Gasteiger partial charge in [-0.15, -0.1) is 0 Å². The summed E-state index contributed by atoms with van der Waals surface area (Å²) in [7, 11) is 0. The van der Waals surface area contributed by atoms with Gasteiger partial charge in [0.25, 0.3) is 5.91 Å². The van der Waals surface area contributed by atoms with Crippen molar-refractivity contribution >= 4 is 22.5 Å². The summed E-state index contributed by atoms with van der Waals surface area (Å²) in [4.78, 5) is 15.8. The van der Waals surface area contributed by atoms with Crippen LogP contribution in [-0.4, -0.2) is 39.9 Å². The maximum absolute atomic E-state index is 12.6. The molecule has 1 amide bonds. The molecule has 3 aromatic rings. The lowest BCUT2D eigenvalue weighted by Gasteiger charge is -2.13. The van der Waals surface area contributed by atoms with Crippen LogP contribution >= 0.6 is 0 Å². The summed E-state index contributed by atoms with van der Waals surface area (Å²) < 4.78 is 7.07. The summed E-state index contributed by atoms with van der Waals surface area (Å²) in [5.74, 6) is -0.193. The number of carbonyl (C=O) groups excluding carboxylic acids is 1. The minimum Gasteiger partial charge on any atom is -0.377 e. The summed E-state index contributed by atoms with van der Waals surface area (Å²) in [5, 5.41) is 8.24. The molecule has 0 bridgehead atoms. The molecule has 4 rings (SSSR count). The molecule has 2 aromatic heterocycles. The van der Waals surface area contributed by atoms with Crippen molar-refractivity contribution in [2.24, 2.45) is 5.73 Å². The third kappa shape index (κ3) is 2.47. The molecule has 0 aliphatic carbocycles. The van der Waals surface area contributed by atoms with Gasteiger partial charge in [0.05, 0.1) is 42.7 Å². The Morgan fingerprint density at radius 3 is 3.04 bits per heavy atom. The van der Waals surface area contributed by atoms with E-state index in [0.29, 0.717) is 18.8 Å². The minimum absolute atomic E-state index is 0.0265. The van der Waals surface area contributed by atoms with Crippen LogP contribution in [0.5, 0.6) is 0 Å². The fourth-order valence-corrected chi connectivity index (χ4v) is 3.09. The molecule has 1 aliphatic rings. The Morgan fingerprint density at radius 2 is 2.25 bits per heavy atom. The van der Waals surface area contributed by atoms with Crippen LogP contribution in [0.3, 0.4) is 0 Å². The van der Waals surface area contributed by atoms with Crippen molar-refractivity contribution in [3.8, 4) is 0 Å². The van der Waals surface area contributed by atoms with Gasteiger partial charge in [0.15, 0.2) is 0 Å². The topological polar surface area (TPSA) is 98.0 Å². The maximum atomic E-state index is 12.6. The fourth-order valence-electron chi connectivity index (χ4n) is 3.09. The molecule has 0 saturated carbocycles. The molecule has 2 atom stereocenters. The first kappa shape index (κ1) is 14.9. The first-order valence-corrected chi connectivity index (χ1v) is 7.89. The number of anilines is 1. The van der Waals surface area contributed by atoms with Gasteiger partial charge in [-0.05, 0) is 13.0 Å². The Morgan fingerprint density at radius 1 is 1.42 bits per heavy atom. The van der Waals surface area contributed by atoms with Crippen LogP contribution < -0.4 is 11.1 Å². The number of H-pyrrole nitrogens is 1. The second-order valence-electron chi connectivity index (χ2n) is 6.10. The van der Waals surface area contributed by atoms with Crippen LogP contribution in [0.2, 0.25) is 0 Å². The number of para-hydroxylation sites is 1. The zero-order chi connectivity index (χ0) is 16.7. The molecule has 24 heavy (non-hydrogen) atoms. The number of nitrogens with zero attached hydrogens (tertiary/aromatic N) is 2. The largest absolute Gasteiger partial charge is 0.377 e. The molecule has 0 unspecified atom stereocenters. The van der Waals surface area contributed by atoms with E-state index in [0.717, 1.165) is 22.3 Å².